The Labute approximate surface area is 113 Å². The van der Waals surface area contributed by atoms with Crippen molar-refractivity contribution in [3.63, 3.8) is 0 Å². The molecule has 1 saturated carbocycles. The zero-order chi connectivity index (χ0) is 13.3. The van der Waals surface area contributed by atoms with Crippen LogP contribution in [-0.2, 0) is 14.8 Å². The smallest absolute Gasteiger partial charge is 0.236 e. The standard InChI is InChI=1S/C12H19ClN2O2S/c1-9-3-5-12(6-4-9)15-7-11(10(2)14-15)8-18(13,16)17/h7,9,12H,3-6,8H2,1-2H3. The quantitative estimate of drug-likeness (QED) is 0.804. The van der Waals surface area contributed by atoms with Gasteiger partial charge in [0, 0.05) is 22.4 Å². The molecule has 1 fully saturated rings. The second-order valence-corrected chi connectivity index (χ2v) is 8.09. The Bertz CT molecular complexity index is 516. The minimum Gasteiger partial charge on any atom is -0.269 e. The van der Waals surface area contributed by atoms with E-state index in [2.05, 4.69) is 12.0 Å². The van der Waals surface area contributed by atoms with Crippen LogP contribution in [0, 0.1) is 12.8 Å². The topological polar surface area (TPSA) is 52.0 Å². The average molecular weight is 291 g/mol. The number of halogens is 1. The molecule has 0 aliphatic heterocycles. The zero-order valence-electron chi connectivity index (χ0n) is 10.8. The molecule has 1 aliphatic carbocycles. The molecule has 0 bridgehead atoms. The monoisotopic (exact) mass is 290 g/mol. The van der Waals surface area contributed by atoms with Crippen LogP contribution in [0.25, 0.3) is 0 Å². The van der Waals surface area contributed by atoms with Crippen molar-refractivity contribution in [2.75, 3.05) is 0 Å². The van der Waals surface area contributed by atoms with Crippen LogP contribution in [0.2, 0.25) is 0 Å². The fourth-order valence-corrected chi connectivity index (χ4v) is 3.55. The van der Waals surface area contributed by atoms with Gasteiger partial charge in [0.15, 0.2) is 0 Å². The van der Waals surface area contributed by atoms with Gasteiger partial charge in [0.1, 0.15) is 0 Å². The van der Waals surface area contributed by atoms with Crippen molar-refractivity contribution in [1.29, 1.82) is 0 Å². The molecule has 0 spiro atoms. The van der Waals surface area contributed by atoms with Crippen molar-refractivity contribution in [3.8, 4) is 0 Å². The second-order valence-electron chi connectivity index (χ2n) is 5.32. The molecular formula is C12H19ClN2O2S. The van der Waals surface area contributed by atoms with E-state index < -0.39 is 9.05 Å². The maximum atomic E-state index is 11.1. The lowest BCUT2D eigenvalue weighted by atomic mass is 9.87. The van der Waals surface area contributed by atoms with E-state index in [1.54, 1.807) is 0 Å². The van der Waals surface area contributed by atoms with Gasteiger partial charge in [0.2, 0.25) is 9.05 Å². The lowest BCUT2D eigenvalue weighted by Gasteiger charge is -2.26. The first-order valence-corrected chi connectivity index (χ1v) is 8.80. The number of hydrogen-bond donors (Lipinski definition) is 0. The van der Waals surface area contributed by atoms with Gasteiger partial charge < -0.3 is 0 Å². The van der Waals surface area contributed by atoms with Gasteiger partial charge in [-0.1, -0.05) is 6.92 Å². The van der Waals surface area contributed by atoms with Crippen molar-refractivity contribution in [1.82, 2.24) is 9.78 Å². The summed E-state index contributed by atoms with van der Waals surface area (Å²) in [6.07, 6.45) is 6.51. The highest BCUT2D eigenvalue weighted by Crippen LogP contribution is 2.32. The molecule has 1 aromatic rings. The average Bonchev–Trinajstić information content (AvgIpc) is 2.59. The summed E-state index contributed by atoms with van der Waals surface area (Å²) in [5.74, 6) is 0.657. The minimum atomic E-state index is -3.51. The molecule has 0 aromatic carbocycles. The maximum Gasteiger partial charge on any atom is 0.236 e. The van der Waals surface area contributed by atoms with Gasteiger partial charge in [-0.25, -0.2) is 8.42 Å². The van der Waals surface area contributed by atoms with E-state index in [1.807, 2.05) is 17.8 Å². The molecule has 4 nitrogen and oxygen atoms in total. The van der Waals surface area contributed by atoms with Gasteiger partial charge in [0.25, 0.3) is 0 Å². The highest BCUT2D eigenvalue weighted by Gasteiger charge is 2.22. The number of hydrogen-bond acceptors (Lipinski definition) is 3. The van der Waals surface area contributed by atoms with Crippen molar-refractivity contribution in [2.24, 2.45) is 5.92 Å². The van der Waals surface area contributed by atoms with Crippen molar-refractivity contribution in [2.45, 2.75) is 51.3 Å². The first kappa shape index (κ1) is 13.9. The van der Waals surface area contributed by atoms with E-state index in [4.69, 9.17) is 10.7 Å². The fourth-order valence-electron chi connectivity index (χ4n) is 2.54. The first-order chi connectivity index (χ1) is 8.35. The van der Waals surface area contributed by atoms with Crippen molar-refractivity contribution in [3.05, 3.63) is 17.5 Å². The van der Waals surface area contributed by atoms with Gasteiger partial charge in [-0.3, -0.25) is 4.68 Å². The van der Waals surface area contributed by atoms with Crippen LogP contribution in [0.3, 0.4) is 0 Å². The molecule has 1 aromatic heterocycles. The Morgan fingerprint density at radius 2 is 2.00 bits per heavy atom. The maximum absolute atomic E-state index is 11.1. The van der Waals surface area contributed by atoms with Gasteiger partial charge in [0.05, 0.1) is 17.5 Å². The number of rotatable bonds is 3. The fraction of sp³-hybridized carbons (Fsp3) is 0.750. The van der Waals surface area contributed by atoms with Gasteiger partial charge in [-0.15, -0.1) is 0 Å². The lowest BCUT2D eigenvalue weighted by Crippen LogP contribution is -2.17. The SMILES string of the molecule is Cc1nn(C2CCC(C)CC2)cc1CS(=O)(=O)Cl. The summed E-state index contributed by atoms with van der Waals surface area (Å²) >= 11 is 0. The van der Waals surface area contributed by atoms with E-state index in [0.717, 1.165) is 24.5 Å². The predicted molar refractivity (Wildman–Crippen MR) is 72.1 cm³/mol. The third kappa shape index (κ3) is 3.48. The molecule has 6 heteroatoms. The van der Waals surface area contributed by atoms with Crippen molar-refractivity contribution >= 4 is 19.7 Å². The highest BCUT2D eigenvalue weighted by atomic mass is 35.7. The van der Waals surface area contributed by atoms with E-state index >= 15 is 0 Å². The van der Waals surface area contributed by atoms with Gasteiger partial charge in [-0.2, -0.15) is 5.10 Å². The van der Waals surface area contributed by atoms with E-state index in [0.29, 0.717) is 11.6 Å². The summed E-state index contributed by atoms with van der Waals surface area (Å²) in [6.45, 7) is 4.11. The van der Waals surface area contributed by atoms with E-state index in [9.17, 15) is 8.42 Å². The molecule has 0 amide bonds. The molecule has 0 atom stereocenters. The molecule has 0 radical (unpaired) electrons. The van der Waals surface area contributed by atoms with E-state index in [1.165, 1.54) is 12.8 Å². The van der Waals surface area contributed by atoms with Crippen LogP contribution in [-0.4, -0.2) is 18.2 Å². The first-order valence-electron chi connectivity index (χ1n) is 6.32. The summed E-state index contributed by atoms with van der Waals surface area (Å²) in [6, 6.07) is 0.409. The Hall–Kier alpha value is -0.550. The third-order valence-corrected chi connectivity index (χ3v) is 4.69. The number of aromatic nitrogens is 2. The molecule has 0 saturated heterocycles. The van der Waals surface area contributed by atoms with Crippen molar-refractivity contribution < 1.29 is 8.42 Å². The summed E-state index contributed by atoms with van der Waals surface area (Å²) in [5.41, 5.74) is 1.47. The molecular weight excluding hydrogens is 272 g/mol. The summed E-state index contributed by atoms with van der Waals surface area (Å²) < 4.78 is 24.1. The molecule has 1 aliphatic rings. The zero-order valence-corrected chi connectivity index (χ0v) is 12.3. The molecule has 18 heavy (non-hydrogen) atoms. The Kier molecular flexibility index (Phi) is 4.02. The largest absolute Gasteiger partial charge is 0.269 e. The van der Waals surface area contributed by atoms with Crippen LogP contribution < -0.4 is 0 Å². The molecule has 0 N–H and O–H groups in total. The summed E-state index contributed by atoms with van der Waals surface area (Å²) in [4.78, 5) is 0. The summed E-state index contributed by atoms with van der Waals surface area (Å²) in [7, 11) is 1.78. The Balaban J connectivity index is 2.13. The number of aryl methyl sites for hydroxylation is 1. The third-order valence-electron chi connectivity index (χ3n) is 3.71. The minimum absolute atomic E-state index is 0.135. The second kappa shape index (κ2) is 5.21. The Morgan fingerprint density at radius 1 is 1.39 bits per heavy atom. The van der Waals surface area contributed by atoms with Crippen LogP contribution in [0.5, 0.6) is 0 Å². The van der Waals surface area contributed by atoms with E-state index in [-0.39, 0.29) is 5.75 Å². The molecule has 0 unspecified atom stereocenters. The Morgan fingerprint density at radius 3 is 2.56 bits per heavy atom. The van der Waals surface area contributed by atoms with Gasteiger partial charge >= 0.3 is 0 Å². The number of nitrogens with zero attached hydrogens (tertiary/aromatic N) is 2. The van der Waals surface area contributed by atoms with Gasteiger partial charge in [-0.05, 0) is 38.5 Å². The predicted octanol–water partition coefficient (Wildman–Crippen LogP) is 3.01. The normalized spacial score (nSPS) is 25.3. The lowest BCUT2D eigenvalue weighted by molar-refractivity contribution is 0.273. The summed E-state index contributed by atoms with van der Waals surface area (Å²) in [5, 5.41) is 4.44. The van der Waals surface area contributed by atoms with Crippen LogP contribution >= 0.6 is 10.7 Å². The van der Waals surface area contributed by atoms with Crippen LogP contribution in [0.1, 0.15) is 49.9 Å². The highest BCUT2D eigenvalue weighted by molar-refractivity contribution is 8.13. The molecule has 102 valence electrons. The molecule has 2 rings (SSSR count). The van der Waals surface area contributed by atoms with Crippen LogP contribution in [0.4, 0.5) is 0 Å². The molecule has 1 heterocycles. The van der Waals surface area contributed by atoms with Crippen LogP contribution in [0.15, 0.2) is 6.20 Å².